The van der Waals surface area contributed by atoms with Crippen molar-refractivity contribution in [3.63, 3.8) is 0 Å². The Kier molecular flexibility index (Phi) is 6.12. The molecule has 2 aromatic heterocycles. The van der Waals surface area contributed by atoms with Crippen molar-refractivity contribution in [2.75, 3.05) is 5.32 Å². The van der Waals surface area contributed by atoms with Gasteiger partial charge < -0.3 is 10.6 Å². The maximum absolute atomic E-state index is 13.4. The zero-order valence-corrected chi connectivity index (χ0v) is 19.3. The van der Waals surface area contributed by atoms with E-state index in [2.05, 4.69) is 15.6 Å². The number of nitrogens with zero attached hydrogens (tertiary/aromatic N) is 2. The van der Waals surface area contributed by atoms with E-state index >= 15 is 0 Å². The second kappa shape index (κ2) is 9.51. The summed E-state index contributed by atoms with van der Waals surface area (Å²) in [7, 11) is 0. The highest BCUT2D eigenvalue weighted by molar-refractivity contribution is 6.05. The molecule has 5 rings (SSSR count). The fourth-order valence-electron chi connectivity index (χ4n) is 4.75. The number of aryl methyl sites for hydroxylation is 1. The molecule has 4 aromatic rings. The molecule has 1 aliphatic carbocycles. The predicted octanol–water partition coefficient (Wildman–Crippen LogP) is 5.50. The van der Waals surface area contributed by atoms with Gasteiger partial charge in [-0.1, -0.05) is 55.7 Å². The summed E-state index contributed by atoms with van der Waals surface area (Å²) in [5, 5.41) is 6.84. The summed E-state index contributed by atoms with van der Waals surface area (Å²) in [6.45, 7) is 1.86. The minimum atomic E-state index is -0.277. The molecular weight excluding hydrogens is 424 g/mol. The smallest absolute Gasteiger partial charge is 0.270 e. The minimum absolute atomic E-state index is 0.133. The second-order valence-electron chi connectivity index (χ2n) is 8.87. The van der Waals surface area contributed by atoms with Crippen molar-refractivity contribution in [2.45, 2.75) is 45.1 Å². The number of amides is 1. The van der Waals surface area contributed by atoms with Crippen LogP contribution in [0.4, 0.5) is 11.5 Å². The average Bonchev–Trinajstić information content (AvgIpc) is 2.85. The Labute approximate surface area is 198 Å². The molecule has 0 spiro atoms. The number of carbonyl (C=O) groups excluding carboxylic acids is 1. The van der Waals surface area contributed by atoms with Crippen LogP contribution in [0.5, 0.6) is 0 Å². The number of aromatic nitrogens is 2. The number of pyridine rings is 2. The van der Waals surface area contributed by atoms with Gasteiger partial charge in [-0.2, -0.15) is 0 Å². The Bertz CT molecular complexity index is 1370. The van der Waals surface area contributed by atoms with E-state index in [0.29, 0.717) is 22.4 Å². The molecule has 0 atom stereocenters. The molecule has 2 heterocycles. The average molecular weight is 453 g/mol. The van der Waals surface area contributed by atoms with E-state index in [4.69, 9.17) is 0 Å². The van der Waals surface area contributed by atoms with Crippen LogP contribution in [-0.4, -0.2) is 21.5 Å². The van der Waals surface area contributed by atoms with Gasteiger partial charge >= 0.3 is 0 Å². The normalized spacial score (nSPS) is 14.1. The topological polar surface area (TPSA) is 76.0 Å². The molecule has 0 aliphatic heterocycles. The number of fused-ring (bicyclic) bond motifs is 1. The van der Waals surface area contributed by atoms with Crippen LogP contribution in [0, 0.1) is 6.92 Å². The summed E-state index contributed by atoms with van der Waals surface area (Å²) < 4.78 is 1.98. The highest BCUT2D eigenvalue weighted by Crippen LogP contribution is 2.27. The summed E-state index contributed by atoms with van der Waals surface area (Å²) in [4.78, 5) is 31.3. The Balaban J connectivity index is 1.69. The first-order valence-corrected chi connectivity index (χ1v) is 11.9. The molecule has 0 unspecified atom stereocenters. The van der Waals surface area contributed by atoms with Gasteiger partial charge in [-0.15, -0.1) is 0 Å². The highest BCUT2D eigenvalue weighted by atomic mass is 16.2. The third-order valence-corrected chi connectivity index (χ3v) is 6.34. The number of benzene rings is 2. The van der Waals surface area contributed by atoms with Crippen molar-refractivity contribution < 1.29 is 4.79 Å². The van der Waals surface area contributed by atoms with Crippen LogP contribution < -0.4 is 16.1 Å². The van der Waals surface area contributed by atoms with Crippen LogP contribution >= 0.6 is 0 Å². The standard InChI is InChI=1S/C28H28N4O2/c1-19-17-23-26(27(29-19)28(34)31-21-13-7-3-8-14-21)24(33)18-25(30-20-11-5-2-6-12-20)32(23)22-15-9-4-10-16-22/h2,4-6,9-12,15-18,21,30H,3,7-8,13-14H2,1H3,(H,31,34). The highest BCUT2D eigenvalue weighted by Gasteiger charge is 2.23. The van der Waals surface area contributed by atoms with E-state index in [-0.39, 0.29) is 23.1 Å². The summed E-state index contributed by atoms with van der Waals surface area (Å²) in [5.74, 6) is 0.347. The lowest BCUT2D eigenvalue weighted by molar-refractivity contribution is 0.0924. The Morgan fingerprint density at radius 3 is 2.32 bits per heavy atom. The van der Waals surface area contributed by atoms with Crippen molar-refractivity contribution in [3.8, 4) is 5.69 Å². The van der Waals surface area contributed by atoms with Crippen molar-refractivity contribution in [1.29, 1.82) is 0 Å². The van der Waals surface area contributed by atoms with Gasteiger partial charge in [0.1, 0.15) is 11.5 Å². The molecule has 1 fully saturated rings. The summed E-state index contributed by atoms with van der Waals surface area (Å²) in [6.07, 6.45) is 5.37. The van der Waals surface area contributed by atoms with Gasteiger partial charge in [0, 0.05) is 29.2 Å². The molecular formula is C28H28N4O2. The molecule has 2 aromatic carbocycles. The molecule has 0 saturated heterocycles. The zero-order chi connectivity index (χ0) is 23.5. The predicted molar refractivity (Wildman–Crippen MR) is 136 cm³/mol. The first kappa shape index (κ1) is 21.9. The summed E-state index contributed by atoms with van der Waals surface area (Å²) in [5.41, 5.74) is 3.05. The number of hydrogen-bond acceptors (Lipinski definition) is 4. The number of rotatable bonds is 5. The maximum Gasteiger partial charge on any atom is 0.270 e. The fourth-order valence-corrected chi connectivity index (χ4v) is 4.75. The molecule has 172 valence electrons. The van der Waals surface area contributed by atoms with Crippen LogP contribution in [0.15, 0.2) is 77.6 Å². The van der Waals surface area contributed by atoms with Crippen molar-refractivity contribution >= 4 is 28.3 Å². The lowest BCUT2D eigenvalue weighted by Gasteiger charge is -2.23. The van der Waals surface area contributed by atoms with Crippen LogP contribution in [0.1, 0.15) is 48.3 Å². The van der Waals surface area contributed by atoms with Gasteiger partial charge in [0.25, 0.3) is 5.91 Å². The van der Waals surface area contributed by atoms with E-state index in [1.165, 1.54) is 6.42 Å². The zero-order valence-electron chi connectivity index (χ0n) is 19.3. The number of nitrogens with one attached hydrogen (secondary N) is 2. The fraction of sp³-hybridized carbons (Fsp3) is 0.250. The third kappa shape index (κ3) is 4.44. The first-order valence-electron chi connectivity index (χ1n) is 11.9. The Morgan fingerprint density at radius 1 is 0.941 bits per heavy atom. The first-order chi connectivity index (χ1) is 16.6. The Hall–Kier alpha value is -3.93. The summed E-state index contributed by atoms with van der Waals surface area (Å²) in [6, 6.07) is 23.1. The molecule has 34 heavy (non-hydrogen) atoms. The van der Waals surface area contributed by atoms with Gasteiger partial charge in [0.2, 0.25) is 0 Å². The molecule has 1 saturated carbocycles. The second-order valence-corrected chi connectivity index (χ2v) is 8.87. The summed E-state index contributed by atoms with van der Waals surface area (Å²) >= 11 is 0. The van der Waals surface area contributed by atoms with Gasteiger partial charge in [0.05, 0.1) is 10.9 Å². The van der Waals surface area contributed by atoms with Crippen LogP contribution in [0.2, 0.25) is 0 Å². The SMILES string of the molecule is Cc1cc2c(c(C(=O)NC3CCCCC3)n1)c(=O)cc(Nc1ccccc1)n2-c1ccccc1. The van der Waals surface area contributed by atoms with Crippen LogP contribution in [-0.2, 0) is 0 Å². The van der Waals surface area contributed by atoms with Crippen LogP contribution in [0.3, 0.4) is 0 Å². The molecule has 6 heteroatoms. The molecule has 0 radical (unpaired) electrons. The van der Waals surface area contributed by atoms with E-state index in [0.717, 1.165) is 37.1 Å². The van der Waals surface area contributed by atoms with Crippen molar-refractivity contribution in [2.24, 2.45) is 0 Å². The van der Waals surface area contributed by atoms with Crippen molar-refractivity contribution in [3.05, 3.63) is 94.4 Å². The lowest BCUT2D eigenvalue weighted by atomic mass is 9.95. The van der Waals surface area contributed by atoms with E-state index in [9.17, 15) is 9.59 Å². The number of para-hydroxylation sites is 2. The molecule has 6 nitrogen and oxygen atoms in total. The number of carbonyl (C=O) groups is 1. The maximum atomic E-state index is 13.4. The molecule has 2 N–H and O–H groups in total. The quantitative estimate of drug-likeness (QED) is 0.419. The molecule has 1 amide bonds. The monoisotopic (exact) mass is 452 g/mol. The van der Waals surface area contributed by atoms with E-state index in [1.54, 1.807) is 6.07 Å². The van der Waals surface area contributed by atoms with Gasteiger partial charge in [-0.25, -0.2) is 4.98 Å². The van der Waals surface area contributed by atoms with Crippen LogP contribution in [0.25, 0.3) is 16.6 Å². The molecule has 0 bridgehead atoms. The van der Waals surface area contributed by atoms with E-state index < -0.39 is 0 Å². The van der Waals surface area contributed by atoms with E-state index in [1.807, 2.05) is 78.2 Å². The Morgan fingerprint density at radius 2 is 1.62 bits per heavy atom. The van der Waals surface area contributed by atoms with Gasteiger partial charge in [0.15, 0.2) is 5.43 Å². The van der Waals surface area contributed by atoms with Gasteiger partial charge in [-0.05, 0) is 50.1 Å². The van der Waals surface area contributed by atoms with Gasteiger partial charge in [-0.3, -0.25) is 14.2 Å². The van der Waals surface area contributed by atoms with Crippen molar-refractivity contribution in [1.82, 2.24) is 14.9 Å². The largest absolute Gasteiger partial charge is 0.348 e. The number of anilines is 2. The lowest BCUT2D eigenvalue weighted by Crippen LogP contribution is -2.37. The third-order valence-electron chi connectivity index (χ3n) is 6.34. The minimum Gasteiger partial charge on any atom is -0.348 e. The number of hydrogen-bond donors (Lipinski definition) is 2. The molecule has 1 aliphatic rings.